The third-order valence-corrected chi connectivity index (χ3v) is 5.90. The molecule has 1 aliphatic heterocycles. The normalized spacial score (nSPS) is 28.8. The summed E-state index contributed by atoms with van der Waals surface area (Å²) in [5.41, 5.74) is 0. The van der Waals surface area contributed by atoms with E-state index >= 15 is 0 Å². The largest absolute Gasteiger partial charge is 0.318 e. The van der Waals surface area contributed by atoms with Crippen molar-refractivity contribution >= 4 is 17.2 Å². The average Bonchev–Trinajstić information content (AvgIpc) is 2.93. The van der Waals surface area contributed by atoms with Gasteiger partial charge < -0.3 is 4.90 Å². The zero-order valence-corrected chi connectivity index (χ0v) is 13.4. The second-order valence-corrected chi connectivity index (χ2v) is 7.53. The Bertz CT molecular complexity index is 494. The first-order chi connectivity index (χ1) is 9.61. The minimum absolute atomic E-state index is 0.00648. The maximum absolute atomic E-state index is 12.8. The van der Waals surface area contributed by atoms with Crippen LogP contribution in [0.15, 0.2) is 12.1 Å². The highest BCUT2D eigenvalue weighted by atomic mass is 32.1. The van der Waals surface area contributed by atoms with Crippen molar-refractivity contribution in [1.82, 2.24) is 10.2 Å². The molecule has 0 aromatic carbocycles. The molecule has 0 bridgehead atoms. The van der Waals surface area contributed by atoms with Crippen LogP contribution in [0.1, 0.15) is 55.5 Å². The summed E-state index contributed by atoms with van der Waals surface area (Å²) < 4.78 is 0. The van der Waals surface area contributed by atoms with Gasteiger partial charge in [-0.2, -0.15) is 0 Å². The average molecular weight is 292 g/mol. The van der Waals surface area contributed by atoms with E-state index in [-0.39, 0.29) is 12.2 Å². The molecule has 1 N–H and O–H groups in total. The van der Waals surface area contributed by atoms with Crippen LogP contribution in [0.2, 0.25) is 0 Å². The molecule has 1 aliphatic carbocycles. The van der Waals surface area contributed by atoms with E-state index in [9.17, 15) is 4.79 Å². The van der Waals surface area contributed by atoms with Crippen molar-refractivity contribution in [3.8, 4) is 0 Å². The Morgan fingerprint density at radius 2 is 2.20 bits per heavy atom. The van der Waals surface area contributed by atoms with E-state index in [1.54, 1.807) is 0 Å². The standard InChI is InChI=1S/C16H24N2OS/c1-4-10(2)14-16(19)18(12-6-5-7-12)15(17-14)13-9-8-11(3)20-13/h8-10,12,14-15,17H,4-7H2,1-3H3. The van der Waals surface area contributed by atoms with E-state index in [1.807, 2.05) is 11.3 Å². The fourth-order valence-corrected chi connectivity index (χ4v) is 4.07. The Kier molecular flexibility index (Phi) is 3.87. The summed E-state index contributed by atoms with van der Waals surface area (Å²) >= 11 is 1.81. The molecular weight excluding hydrogens is 268 g/mol. The van der Waals surface area contributed by atoms with Gasteiger partial charge in [0.1, 0.15) is 6.17 Å². The third-order valence-electron chi connectivity index (χ3n) is 4.85. The second-order valence-electron chi connectivity index (χ2n) is 6.21. The molecule has 1 amide bonds. The minimum atomic E-state index is -0.00648. The van der Waals surface area contributed by atoms with Crippen molar-refractivity contribution in [2.75, 3.05) is 0 Å². The van der Waals surface area contributed by atoms with Crippen molar-refractivity contribution < 1.29 is 4.79 Å². The summed E-state index contributed by atoms with van der Waals surface area (Å²) in [7, 11) is 0. The summed E-state index contributed by atoms with van der Waals surface area (Å²) in [5, 5.41) is 3.61. The topological polar surface area (TPSA) is 32.3 Å². The SMILES string of the molecule is CCC(C)C1NC(c2ccc(C)s2)N(C2CCC2)C1=O. The fraction of sp³-hybridized carbons (Fsp3) is 0.688. The fourth-order valence-electron chi connectivity index (χ4n) is 3.13. The van der Waals surface area contributed by atoms with Crippen LogP contribution in [0, 0.1) is 12.8 Å². The molecule has 2 fully saturated rings. The van der Waals surface area contributed by atoms with Crippen LogP contribution >= 0.6 is 11.3 Å². The van der Waals surface area contributed by atoms with Crippen LogP contribution in [0.4, 0.5) is 0 Å². The molecule has 0 spiro atoms. The van der Waals surface area contributed by atoms with Crippen molar-refractivity contribution in [1.29, 1.82) is 0 Å². The first-order valence-corrected chi connectivity index (χ1v) is 8.58. The van der Waals surface area contributed by atoms with Gasteiger partial charge in [-0.15, -0.1) is 11.3 Å². The van der Waals surface area contributed by atoms with Crippen molar-refractivity contribution in [2.24, 2.45) is 5.92 Å². The Balaban J connectivity index is 1.88. The highest BCUT2D eigenvalue weighted by Crippen LogP contribution is 2.38. The quantitative estimate of drug-likeness (QED) is 0.922. The molecule has 3 unspecified atom stereocenters. The molecular formula is C16H24N2OS. The summed E-state index contributed by atoms with van der Waals surface area (Å²) in [6.07, 6.45) is 4.74. The second kappa shape index (κ2) is 5.49. The van der Waals surface area contributed by atoms with Gasteiger partial charge in [0.2, 0.25) is 5.91 Å². The number of aryl methyl sites for hydroxylation is 1. The Morgan fingerprint density at radius 1 is 1.45 bits per heavy atom. The lowest BCUT2D eigenvalue weighted by Crippen LogP contribution is -2.44. The Hall–Kier alpha value is -0.870. The number of carbonyl (C=O) groups excluding carboxylic acids is 1. The number of rotatable bonds is 4. The van der Waals surface area contributed by atoms with Crippen LogP contribution in [0.25, 0.3) is 0 Å². The molecule has 1 saturated heterocycles. The number of carbonyl (C=O) groups is 1. The molecule has 2 heterocycles. The molecule has 0 radical (unpaired) electrons. The molecule has 3 nitrogen and oxygen atoms in total. The van der Waals surface area contributed by atoms with E-state index in [4.69, 9.17) is 0 Å². The van der Waals surface area contributed by atoms with Crippen molar-refractivity contribution in [3.05, 3.63) is 21.9 Å². The number of hydrogen-bond acceptors (Lipinski definition) is 3. The summed E-state index contributed by atoms with van der Waals surface area (Å²) in [6.45, 7) is 6.47. The minimum Gasteiger partial charge on any atom is -0.318 e. The van der Waals surface area contributed by atoms with Gasteiger partial charge in [0.05, 0.1) is 6.04 Å². The number of amides is 1. The molecule has 1 aromatic heterocycles. The first-order valence-electron chi connectivity index (χ1n) is 7.76. The maximum atomic E-state index is 12.8. The number of hydrogen-bond donors (Lipinski definition) is 1. The smallest absolute Gasteiger partial charge is 0.241 e. The molecule has 3 rings (SSSR count). The van der Waals surface area contributed by atoms with Crippen LogP contribution in [0.3, 0.4) is 0 Å². The lowest BCUT2D eigenvalue weighted by Gasteiger charge is -2.38. The Morgan fingerprint density at radius 3 is 2.70 bits per heavy atom. The zero-order valence-electron chi connectivity index (χ0n) is 12.6. The Labute approximate surface area is 125 Å². The van der Waals surface area contributed by atoms with Gasteiger partial charge in [-0.1, -0.05) is 20.3 Å². The summed E-state index contributed by atoms with van der Waals surface area (Å²) in [4.78, 5) is 17.5. The van der Waals surface area contributed by atoms with Gasteiger partial charge in [0, 0.05) is 15.8 Å². The molecule has 3 atom stereocenters. The van der Waals surface area contributed by atoms with Crippen LogP contribution in [-0.4, -0.2) is 22.9 Å². The predicted molar refractivity (Wildman–Crippen MR) is 82.7 cm³/mol. The molecule has 110 valence electrons. The maximum Gasteiger partial charge on any atom is 0.241 e. The highest BCUT2D eigenvalue weighted by molar-refractivity contribution is 7.12. The van der Waals surface area contributed by atoms with E-state index in [0.29, 0.717) is 17.9 Å². The number of nitrogens with zero attached hydrogens (tertiary/aromatic N) is 1. The first kappa shape index (κ1) is 14.1. The van der Waals surface area contributed by atoms with Crippen LogP contribution in [-0.2, 0) is 4.79 Å². The zero-order chi connectivity index (χ0) is 14.3. The highest BCUT2D eigenvalue weighted by Gasteiger charge is 2.46. The molecule has 2 aliphatic rings. The molecule has 20 heavy (non-hydrogen) atoms. The van der Waals surface area contributed by atoms with Gasteiger partial charge in [-0.05, 0) is 44.2 Å². The van der Waals surface area contributed by atoms with E-state index in [1.165, 1.54) is 29.0 Å². The van der Waals surface area contributed by atoms with Gasteiger partial charge in [0.15, 0.2) is 0 Å². The summed E-state index contributed by atoms with van der Waals surface area (Å²) in [6, 6.07) is 4.78. The van der Waals surface area contributed by atoms with Gasteiger partial charge >= 0.3 is 0 Å². The van der Waals surface area contributed by atoms with Gasteiger partial charge in [0.25, 0.3) is 0 Å². The third kappa shape index (κ3) is 2.29. The lowest BCUT2D eigenvalue weighted by atomic mass is 9.90. The van der Waals surface area contributed by atoms with E-state index in [2.05, 4.69) is 43.1 Å². The molecule has 1 aromatic rings. The van der Waals surface area contributed by atoms with Crippen LogP contribution in [0.5, 0.6) is 0 Å². The van der Waals surface area contributed by atoms with E-state index < -0.39 is 0 Å². The molecule has 4 heteroatoms. The van der Waals surface area contributed by atoms with Crippen LogP contribution < -0.4 is 5.32 Å². The van der Waals surface area contributed by atoms with Crippen molar-refractivity contribution in [3.63, 3.8) is 0 Å². The number of nitrogens with one attached hydrogen (secondary N) is 1. The number of thiophene rings is 1. The van der Waals surface area contributed by atoms with Gasteiger partial charge in [-0.3, -0.25) is 10.1 Å². The van der Waals surface area contributed by atoms with Crippen molar-refractivity contribution in [2.45, 2.75) is 64.7 Å². The molecule has 1 saturated carbocycles. The monoisotopic (exact) mass is 292 g/mol. The summed E-state index contributed by atoms with van der Waals surface area (Å²) in [5.74, 6) is 0.719. The van der Waals surface area contributed by atoms with Gasteiger partial charge in [-0.25, -0.2) is 0 Å². The predicted octanol–water partition coefficient (Wildman–Crippen LogP) is 3.45. The lowest BCUT2D eigenvalue weighted by molar-refractivity contribution is -0.134. The van der Waals surface area contributed by atoms with E-state index in [0.717, 1.165) is 6.42 Å².